The molecule has 0 aliphatic carbocycles. The van der Waals surface area contributed by atoms with E-state index < -0.39 is 21.1 Å². The van der Waals surface area contributed by atoms with Crippen molar-refractivity contribution in [3.63, 3.8) is 0 Å². The minimum Gasteiger partial charge on any atom is -0.327 e. The second-order valence-electron chi connectivity index (χ2n) is 3.69. The molecule has 1 aromatic rings. The number of rotatable bonds is 3. The van der Waals surface area contributed by atoms with Crippen LogP contribution in [0.3, 0.4) is 0 Å². The Morgan fingerprint density at radius 1 is 1.19 bits per heavy atom. The third kappa shape index (κ3) is 2.69. The second-order valence-corrected chi connectivity index (χ2v) is 6.80. The maximum absolute atomic E-state index is 12.1. The highest BCUT2D eigenvalue weighted by Crippen LogP contribution is 2.27. The van der Waals surface area contributed by atoms with Crippen molar-refractivity contribution in [2.75, 3.05) is 0 Å². The number of sulfone groups is 1. The maximum atomic E-state index is 12.1. The Kier molecular flexibility index (Phi) is 4.23. The Bertz CT molecular complexity index is 486. The fraction of sp³-hybridized carbons (Fsp3) is 0.400. The van der Waals surface area contributed by atoms with Gasteiger partial charge in [-0.3, -0.25) is 0 Å². The molecule has 0 amide bonds. The first-order valence-electron chi connectivity index (χ1n) is 4.71. The van der Waals surface area contributed by atoms with Crippen molar-refractivity contribution < 1.29 is 8.42 Å². The molecule has 16 heavy (non-hydrogen) atoms. The molecule has 2 unspecified atom stereocenters. The summed E-state index contributed by atoms with van der Waals surface area (Å²) in [4.78, 5) is 0.145. The van der Waals surface area contributed by atoms with Crippen molar-refractivity contribution in [1.29, 1.82) is 0 Å². The number of hydrogen-bond donors (Lipinski definition) is 1. The van der Waals surface area contributed by atoms with Crippen LogP contribution < -0.4 is 5.73 Å². The van der Waals surface area contributed by atoms with Gasteiger partial charge < -0.3 is 5.73 Å². The van der Waals surface area contributed by atoms with E-state index in [-0.39, 0.29) is 9.92 Å². The van der Waals surface area contributed by atoms with Crippen molar-refractivity contribution in [3.05, 3.63) is 28.2 Å². The summed E-state index contributed by atoms with van der Waals surface area (Å²) in [5.41, 5.74) is 5.59. The van der Waals surface area contributed by atoms with Crippen LogP contribution in [0.5, 0.6) is 0 Å². The normalized spacial score (nSPS) is 15.8. The quantitative estimate of drug-likeness (QED) is 0.926. The molecule has 6 heteroatoms. The Morgan fingerprint density at radius 3 is 2.19 bits per heavy atom. The Morgan fingerprint density at radius 2 is 1.75 bits per heavy atom. The van der Waals surface area contributed by atoms with E-state index in [1.54, 1.807) is 13.8 Å². The average Bonchev–Trinajstić information content (AvgIpc) is 2.20. The molecule has 0 aromatic heterocycles. The highest BCUT2D eigenvalue weighted by molar-refractivity contribution is 7.92. The molecule has 1 aromatic carbocycles. The van der Waals surface area contributed by atoms with Crippen molar-refractivity contribution in [2.45, 2.75) is 30.0 Å². The Hall–Kier alpha value is -0.290. The maximum Gasteiger partial charge on any atom is 0.182 e. The predicted molar refractivity (Wildman–Crippen MR) is 66.8 cm³/mol. The lowest BCUT2D eigenvalue weighted by Crippen LogP contribution is -2.35. The molecule has 2 N–H and O–H groups in total. The van der Waals surface area contributed by atoms with Crippen LogP contribution >= 0.6 is 23.2 Å². The summed E-state index contributed by atoms with van der Waals surface area (Å²) in [5.74, 6) is 0. The standard InChI is InChI=1S/C10H13Cl2NO2S/c1-6(13)7(2)16(14,15)8-3-4-9(11)10(12)5-8/h3-7H,13H2,1-2H3. The molecule has 0 bridgehead atoms. The first-order chi connectivity index (χ1) is 7.26. The summed E-state index contributed by atoms with van der Waals surface area (Å²) in [6.45, 7) is 3.22. The average molecular weight is 282 g/mol. The van der Waals surface area contributed by atoms with Crippen LogP contribution in [0.25, 0.3) is 0 Å². The first kappa shape index (κ1) is 13.8. The molecule has 0 aliphatic rings. The van der Waals surface area contributed by atoms with E-state index in [9.17, 15) is 8.42 Å². The highest BCUT2D eigenvalue weighted by atomic mass is 35.5. The van der Waals surface area contributed by atoms with Gasteiger partial charge in [0, 0.05) is 6.04 Å². The topological polar surface area (TPSA) is 60.2 Å². The fourth-order valence-electron chi connectivity index (χ4n) is 1.15. The van der Waals surface area contributed by atoms with Gasteiger partial charge in [-0.15, -0.1) is 0 Å². The summed E-state index contributed by atoms with van der Waals surface area (Å²) in [6, 6.07) is 3.80. The zero-order valence-corrected chi connectivity index (χ0v) is 11.3. The van der Waals surface area contributed by atoms with Gasteiger partial charge in [-0.1, -0.05) is 23.2 Å². The SMILES string of the molecule is CC(N)C(C)S(=O)(=O)c1ccc(Cl)c(Cl)c1. The molecule has 0 saturated carbocycles. The van der Waals surface area contributed by atoms with E-state index in [1.165, 1.54) is 18.2 Å². The Balaban J connectivity index is 3.23. The summed E-state index contributed by atoms with van der Waals surface area (Å²) in [7, 11) is -3.45. The monoisotopic (exact) mass is 281 g/mol. The van der Waals surface area contributed by atoms with Crippen LogP contribution in [0.2, 0.25) is 10.0 Å². The zero-order chi connectivity index (χ0) is 12.5. The molecule has 0 saturated heterocycles. The third-order valence-electron chi connectivity index (χ3n) is 2.45. The molecule has 0 heterocycles. The van der Waals surface area contributed by atoms with Gasteiger partial charge in [0.1, 0.15) is 0 Å². The van der Waals surface area contributed by atoms with Crippen LogP contribution in [0.15, 0.2) is 23.1 Å². The van der Waals surface area contributed by atoms with Crippen LogP contribution in [0.4, 0.5) is 0 Å². The fourth-order valence-corrected chi connectivity index (χ4v) is 3.05. The van der Waals surface area contributed by atoms with Crippen molar-refractivity contribution in [1.82, 2.24) is 0 Å². The van der Waals surface area contributed by atoms with E-state index in [2.05, 4.69) is 0 Å². The first-order valence-corrected chi connectivity index (χ1v) is 7.01. The van der Waals surface area contributed by atoms with E-state index in [4.69, 9.17) is 28.9 Å². The van der Waals surface area contributed by atoms with Gasteiger partial charge in [0.15, 0.2) is 9.84 Å². The van der Waals surface area contributed by atoms with Crippen LogP contribution in [-0.2, 0) is 9.84 Å². The third-order valence-corrected chi connectivity index (χ3v) is 5.51. The molecule has 0 fully saturated rings. The molecule has 2 atom stereocenters. The predicted octanol–water partition coefficient (Wildman–Crippen LogP) is 2.50. The van der Waals surface area contributed by atoms with E-state index in [0.717, 1.165) is 0 Å². The van der Waals surface area contributed by atoms with Crippen LogP contribution in [0, 0.1) is 0 Å². The summed E-state index contributed by atoms with van der Waals surface area (Å²) < 4.78 is 24.1. The van der Waals surface area contributed by atoms with Gasteiger partial charge in [-0.25, -0.2) is 8.42 Å². The lowest BCUT2D eigenvalue weighted by molar-refractivity contribution is 0.568. The largest absolute Gasteiger partial charge is 0.327 e. The molecular weight excluding hydrogens is 269 g/mol. The van der Waals surface area contributed by atoms with Gasteiger partial charge >= 0.3 is 0 Å². The Labute approximate surface area is 105 Å². The van der Waals surface area contributed by atoms with Crippen molar-refractivity contribution >= 4 is 33.0 Å². The molecule has 3 nitrogen and oxygen atoms in total. The number of benzene rings is 1. The smallest absolute Gasteiger partial charge is 0.182 e. The zero-order valence-electron chi connectivity index (χ0n) is 8.94. The van der Waals surface area contributed by atoms with Gasteiger partial charge in [-0.2, -0.15) is 0 Å². The lowest BCUT2D eigenvalue weighted by atomic mass is 10.3. The molecular formula is C10H13Cl2NO2S. The van der Waals surface area contributed by atoms with Gasteiger partial charge in [0.25, 0.3) is 0 Å². The minimum atomic E-state index is -3.45. The minimum absolute atomic E-state index is 0.145. The van der Waals surface area contributed by atoms with Crippen molar-refractivity contribution in [3.8, 4) is 0 Å². The summed E-state index contributed by atoms with van der Waals surface area (Å²) in [5, 5.41) is -0.113. The number of hydrogen-bond acceptors (Lipinski definition) is 3. The summed E-state index contributed by atoms with van der Waals surface area (Å²) >= 11 is 11.5. The molecule has 0 radical (unpaired) electrons. The van der Waals surface area contributed by atoms with Gasteiger partial charge in [-0.05, 0) is 32.0 Å². The second kappa shape index (κ2) is 4.92. The van der Waals surface area contributed by atoms with Gasteiger partial charge in [0.2, 0.25) is 0 Å². The van der Waals surface area contributed by atoms with E-state index in [0.29, 0.717) is 5.02 Å². The highest BCUT2D eigenvalue weighted by Gasteiger charge is 2.26. The lowest BCUT2D eigenvalue weighted by Gasteiger charge is -2.16. The van der Waals surface area contributed by atoms with Gasteiger partial charge in [0.05, 0.1) is 20.2 Å². The molecule has 1 rings (SSSR count). The number of halogens is 2. The van der Waals surface area contributed by atoms with Crippen molar-refractivity contribution in [2.24, 2.45) is 5.73 Å². The van der Waals surface area contributed by atoms with Crippen LogP contribution in [-0.4, -0.2) is 19.7 Å². The molecule has 90 valence electrons. The summed E-state index contributed by atoms with van der Waals surface area (Å²) in [6.07, 6.45) is 0. The van der Waals surface area contributed by atoms with E-state index >= 15 is 0 Å². The van der Waals surface area contributed by atoms with E-state index in [1.807, 2.05) is 0 Å². The molecule has 0 aliphatic heterocycles. The van der Waals surface area contributed by atoms with Crippen LogP contribution in [0.1, 0.15) is 13.8 Å². The number of nitrogens with two attached hydrogens (primary N) is 1. The molecule has 0 spiro atoms.